The first-order valence-electron chi connectivity index (χ1n) is 6.53. The molecule has 0 aliphatic rings. The van der Waals surface area contributed by atoms with Crippen LogP contribution in [-0.4, -0.2) is 35.9 Å². The Kier molecular flexibility index (Phi) is 5.01. The summed E-state index contributed by atoms with van der Waals surface area (Å²) in [5.74, 6) is 1.43. The zero-order valence-corrected chi connectivity index (χ0v) is 13.1. The number of para-hydroxylation sites is 1. The zero-order chi connectivity index (χ0) is 15.4. The molecular formula is C15H18O5S. The molecule has 1 heterocycles. The fourth-order valence-corrected chi connectivity index (χ4v) is 2.62. The maximum absolute atomic E-state index is 11.3. The average molecular weight is 310 g/mol. The highest BCUT2D eigenvalue weighted by atomic mass is 32.2. The first-order chi connectivity index (χ1) is 10.0. The van der Waals surface area contributed by atoms with E-state index in [0.717, 1.165) is 16.7 Å². The van der Waals surface area contributed by atoms with Crippen molar-refractivity contribution in [1.29, 1.82) is 0 Å². The summed E-state index contributed by atoms with van der Waals surface area (Å²) in [4.78, 5) is 11.2. The summed E-state index contributed by atoms with van der Waals surface area (Å²) in [5.41, 5.74) is 1.64. The molecule has 1 unspecified atom stereocenters. The lowest BCUT2D eigenvalue weighted by Gasteiger charge is -2.05. The molecule has 1 aromatic heterocycles. The van der Waals surface area contributed by atoms with Gasteiger partial charge in [0.05, 0.1) is 7.11 Å². The second-order valence-corrected chi connectivity index (χ2v) is 6.22. The van der Waals surface area contributed by atoms with E-state index < -0.39 is 16.8 Å². The number of carbonyl (C=O) groups excluding carboxylic acids is 1. The van der Waals surface area contributed by atoms with Gasteiger partial charge < -0.3 is 13.9 Å². The van der Waals surface area contributed by atoms with E-state index >= 15 is 0 Å². The third-order valence-electron chi connectivity index (χ3n) is 3.20. The first-order valence-corrected chi connectivity index (χ1v) is 8.26. The summed E-state index contributed by atoms with van der Waals surface area (Å²) in [7, 11) is 0.460. The van der Waals surface area contributed by atoms with E-state index in [1.165, 1.54) is 7.11 Å². The van der Waals surface area contributed by atoms with Crippen molar-refractivity contribution >= 4 is 27.7 Å². The van der Waals surface area contributed by atoms with Crippen molar-refractivity contribution in [3.05, 3.63) is 29.5 Å². The zero-order valence-electron chi connectivity index (χ0n) is 12.3. The first kappa shape index (κ1) is 15.6. The standard InChI is InChI=1S/C15H18O5S/c1-10-11(7-8-21(3)17)12-5-4-6-13(15(12)20-10)19-9-14(16)18-2/h4-6H,7-9H2,1-3H3. The minimum Gasteiger partial charge on any atom is -0.478 e. The van der Waals surface area contributed by atoms with Crippen molar-refractivity contribution in [2.75, 3.05) is 25.7 Å². The number of rotatable bonds is 6. The predicted octanol–water partition coefficient (Wildman–Crippen LogP) is 2.21. The van der Waals surface area contributed by atoms with Crippen LogP contribution in [0.25, 0.3) is 11.0 Å². The number of methoxy groups -OCH3 is 1. The quantitative estimate of drug-likeness (QED) is 0.765. The number of hydrogen-bond acceptors (Lipinski definition) is 5. The van der Waals surface area contributed by atoms with Gasteiger partial charge in [0.1, 0.15) is 5.76 Å². The number of ether oxygens (including phenoxy) is 2. The Hall–Kier alpha value is -1.82. The van der Waals surface area contributed by atoms with Crippen LogP contribution in [0.15, 0.2) is 22.6 Å². The molecule has 0 fully saturated rings. The lowest BCUT2D eigenvalue weighted by molar-refractivity contribution is -0.142. The Morgan fingerprint density at radius 1 is 1.38 bits per heavy atom. The molecule has 0 bridgehead atoms. The normalized spacial score (nSPS) is 12.3. The van der Waals surface area contributed by atoms with E-state index in [1.807, 2.05) is 19.1 Å². The van der Waals surface area contributed by atoms with Gasteiger partial charge in [-0.1, -0.05) is 12.1 Å². The van der Waals surface area contributed by atoms with Crippen molar-refractivity contribution in [1.82, 2.24) is 0 Å². The lowest BCUT2D eigenvalue weighted by Crippen LogP contribution is -2.12. The van der Waals surface area contributed by atoms with E-state index in [0.29, 0.717) is 23.5 Å². The molecule has 114 valence electrons. The van der Waals surface area contributed by atoms with Gasteiger partial charge in [-0.3, -0.25) is 4.21 Å². The van der Waals surface area contributed by atoms with Crippen molar-refractivity contribution < 1.29 is 22.9 Å². The van der Waals surface area contributed by atoms with Crippen LogP contribution in [0.2, 0.25) is 0 Å². The van der Waals surface area contributed by atoms with Crippen molar-refractivity contribution in [3.8, 4) is 5.75 Å². The van der Waals surface area contributed by atoms with E-state index in [-0.39, 0.29) is 6.61 Å². The van der Waals surface area contributed by atoms with Crippen LogP contribution in [0.4, 0.5) is 0 Å². The summed E-state index contributed by atoms with van der Waals surface area (Å²) in [6.07, 6.45) is 2.37. The number of esters is 1. The molecule has 1 atom stereocenters. The summed E-state index contributed by atoms with van der Waals surface area (Å²) >= 11 is 0. The molecular weight excluding hydrogens is 292 g/mol. The number of fused-ring (bicyclic) bond motifs is 1. The molecule has 1 aromatic carbocycles. The van der Waals surface area contributed by atoms with E-state index in [9.17, 15) is 9.00 Å². The van der Waals surface area contributed by atoms with Gasteiger partial charge in [-0.05, 0) is 19.4 Å². The van der Waals surface area contributed by atoms with Crippen LogP contribution < -0.4 is 4.74 Å². The van der Waals surface area contributed by atoms with Crippen LogP contribution in [-0.2, 0) is 26.8 Å². The Morgan fingerprint density at radius 3 is 2.81 bits per heavy atom. The van der Waals surface area contributed by atoms with Crippen LogP contribution in [0, 0.1) is 6.92 Å². The van der Waals surface area contributed by atoms with Crippen molar-refractivity contribution in [2.24, 2.45) is 0 Å². The third-order valence-corrected chi connectivity index (χ3v) is 3.98. The van der Waals surface area contributed by atoms with Crippen LogP contribution >= 0.6 is 0 Å². The van der Waals surface area contributed by atoms with Gasteiger partial charge in [0.15, 0.2) is 17.9 Å². The summed E-state index contributed by atoms with van der Waals surface area (Å²) in [6, 6.07) is 5.52. The van der Waals surface area contributed by atoms with Gasteiger partial charge in [-0.25, -0.2) is 4.79 Å². The van der Waals surface area contributed by atoms with Gasteiger partial charge in [0.25, 0.3) is 0 Å². The van der Waals surface area contributed by atoms with Crippen LogP contribution in [0.3, 0.4) is 0 Å². The SMILES string of the molecule is COC(=O)COc1cccc2c(CCS(C)=O)c(C)oc12. The molecule has 0 spiro atoms. The Bertz CT molecular complexity index is 674. The van der Waals surface area contributed by atoms with E-state index in [1.54, 1.807) is 12.3 Å². The Balaban J connectivity index is 2.30. The largest absolute Gasteiger partial charge is 0.478 e. The van der Waals surface area contributed by atoms with Crippen molar-refractivity contribution in [3.63, 3.8) is 0 Å². The molecule has 0 radical (unpaired) electrons. The second-order valence-electron chi connectivity index (χ2n) is 4.66. The maximum atomic E-state index is 11.3. The average Bonchev–Trinajstić information content (AvgIpc) is 2.78. The summed E-state index contributed by atoms with van der Waals surface area (Å²) in [6.45, 7) is 1.71. The van der Waals surface area contributed by atoms with Crippen LogP contribution in [0.1, 0.15) is 11.3 Å². The lowest BCUT2D eigenvalue weighted by atomic mass is 10.1. The minimum absolute atomic E-state index is 0.163. The molecule has 0 aliphatic heterocycles. The molecule has 0 N–H and O–H groups in total. The van der Waals surface area contributed by atoms with Gasteiger partial charge in [-0.2, -0.15) is 0 Å². The minimum atomic E-state index is -0.852. The Labute approximate surface area is 125 Å². The highest BCUT2D eigenvalue weighted by Crippen LogP contribution is 2.32. The molecule has 6 heteroatoms. The summed E-state index contributed by atoms with van der Waals surface area (Å²) in [5, 5.41) is 0.931. The molecule has 0 saturated carbocycles. The number of carbonyl (C=O) groups is 1. The number of hydrogen-bond donors (Lipinski definition) is 0. The van der Waals surface area contributed by atoms with Gasteiger partial charge >= 0.3 is 5.97 Å². The molecule has 5 nitrogen and oxygen atoms in total. The molecule has 0 saturated heterocycles. The summed E-state index contributed by atoms with van der Waals surface area (Å²) < 4.78 is 27.0. The third kappa shape index (κ3) is 3.64. The maximum Gasteiger partial charge on any atom is 0.343 e. The van der Waals surface area contributed by atoms with Crippen molar-refractivity contribution in [2.45, 2.75) is 13.3 Å². The number of benzene rings is 1. The fraction of sp³-hybridized carbons (Fsp3) is 0.400. The van der Waals surface area contributed by atoms with E-state index in [2.05, 4.69) is 4.74 Å². The number of furan rings is 1. The molecule has 0 amide bonds. The Morgan fingerprint density at radius 2 is 2.14 bits per heavy atom. The second kappa shape index (κ2) is 6.76. The number of aryl methyl sites for hydroxylation is 2. The molecule has 0 aliphatic carbocycles. The molecule has 21 heavy (non-hydrogen) atoms. The topological polar surface area (TPSA) is 65.7 Å². The van der Waals surface area contributed by atoms with Gasteiger partial charge in [-0.15, -0.1) is 0 Å². The van der Waals surface area contributed by atoms with Gasteiger partial charge in [0.2, 0.25) is 0 Å². The highest BCUT2D eigenvalue weighted by Gasteiger charge is 2.15. The van der Waals surface area contributed by atoms with E-state index in [4.69, 9.17) is 9.15 Å². The van der Waals surface area contributed by atoms with Crippen LogP contribution in [0.5, 0.6) is 5.75 Å². The molecule has 2 aromatic rings. The van der Waals surface area contributed by atoms with Gasteiger partial charge in [0, 0.05) is 33.8 Å². The predicted molar refractivity (Wildman–Crippen MR) is 81.1 cm³/mol. The smallest absolute Gasteiger partial charge is 0.343 e. The highest BCUT2D eigenvalue weighted by molar-refractivity contribution is 7.84. The monoisotopic (exact) mass is 310 g/mol. The molecule has 2 rings (SSSR count). The fourth-order valence-electron chi connectivity index (χ4n) is 2.13.